The molecule has 5 nitrogen and oxygen atoms in total. The smallest absolute Gasteiger partial charge is 0.144 e. The molecule has 0 aliphatic heterocycles. The molecular formula is C11H23N3O2. The molecule has 1 saturated carbocycles. The van der Waals surface area contributed by atoms with Gasteiger partial charge in [0.25, 0.3) is 0 Å². The molecule has 94 valence electrons. The maximum Gasteiger partial charge on any atom is 0.144 e. The maximum absolute atomic E-state index is 9.27. The van der Waals surface area contributed by atoms with Crippen molar-refractivity contribution in [2.75, 3.05) is 13.2 Å². The molecule has 0 radical (unpaired) electrons. The normalized spacial score (nSPS) is 20.6. The van der Waals surface area contributed by atoms with Crippen LogP contribution in [0.3, 0.4) is 0 Å². The minimum Gasteiger partial charge on any atom is -0.409 e. The number of rotatable bonds is 6. The first-order valence-corrected chi connectivity index (χ1v) is 5.80. The Balaban J connectivity index is 2.35. The van der Waals surface area contributed by atoms with Crippen LogP contribution in [0.5, 0.6) is 0 Å². The van der Waals surface area contributed by atoms with E-state index in [-0.39, 0.29) is 23.4 Å². The van der Waals surface area contributed by atoms with E-state index in [9.17, 15) is 5.11 Å². The van der Waals surface area contributed by atoms with E-state index in [0.29, 0.717) is 0 Å². The highest BCUT2D eigenvalue weighted by atomic mass is 16.4. The van der Waals surface area contributed by atoms with E-state index in [0.717, 1.165) is 25.8 Å². The van der Waals surface area contributed by atoms with Gasteiger partial charge in [0.2, 0.25) is 0 Å². The largest absolute Gasteiger partial charge is 0.409 e. The fourth-order valence-corrected chi connectivity index (χ4v) is 1.90. The molecular weight excluding hydrogens is 206 g/mol. The Morgan fingerprint density at radius 3 is 2.50 bits per heavy atom. The summed E-state index contributed by atoms with van der Waals surface area (Å²) in [6, 6.07) is 0. The Hall–Kier alpha value is -0.810. The Labute approximate surface area is 96.7 Å². The van der Waals surface area contributed by atoms with Gasteiger partial charge in [-0.1, -0.05) is 19.0 Å². The number of hydrogen-bond acceptors (Lipinski definition) is 4. The van der Waals surface area contributed by atoms with E-state index >= 15 is 0 Å². The Bertz CT molecular complexity index is 254. The minimum atomic E-state index is -0.317. The molecule has 0 aromatic rings. The number of aliphatic hydroxyl groups excluding tert-OH is 1. The lowest BCUT2D eigenvalue weighted by Gasteiger charge is -2.42. The Morgan fingerprint density at radius 2 is 2.12 bits per heavy atom. The molecule has 16 heavy (non-hydrogen) atoms. The van der Waals surface area contributed by atoms with E-state index in [4.69, 9.17) is 10.9 Å². The van der Waals surface area contributed by atoms with Crippen LogP contribution in [0.4, 0.5) is 0 Å². The molecule has 1 fully saturated rings. The van der Waals surface area contributed by atoms with Crippen LogP contribution in [0, 0.1) is 5.41 Å². The van der Waals surface area contributed by atoms with Gasteiger partial charge in [0.1, 0.15) is 5.84 Å². The number of amidine groups is 1. The summed E-state index contributed by atoms with van der Waals surface area (Å²) in [5, 5.41) is 24.3. The summed E-state index contributed by atoms with van der Waals surface area (Å²) in [6.07, 6.45) is 4.03. The third kappa shape index (κ3) is 2.86. The molecule has 0 heterocycles. The summed E-state index contributed by atoms with van der Waals surface area (Å²) in [7, 11) is 0. The molecule has 5 N–H and O–H groups in total. The molecule has 5 heteroatoms. The van der Waals surface area contributed by atoms with Crippen molar-refractivity contribution in [3.8, 4) is 0 Å². The zero-order chi connectivity index (χ0) is 12.2. The summed E-state index contributed by atoms with van der Waals surface area (Å²) in [6.45, 7) is 4.84. The molecule has 0 amide bonds. The summed E-state index contributed by atoms with van der Waals surface area (Å²) < 4.78 is 0. The van der Waals surface area contributed by atoms with Crippen LogP contribution in [0.15, 0.2) is 5.16 Å². The lowest BCUT2D eigenvalue weighted by atomic mass is 9.77. The molecule has 0 spiro atoms. The van der Waals surface area contributed by atoms with Crippen LogP contribution in [-0.2, 0) is 0 Å². The molecule has 1 aliphatic rings. The van der Waals surface area contributed by atoms with Gasteiger partial charge in [0.15, 0.2) is 0 Å². The van der Waals surface area contributed by atoms with Crippen molar-refractivity contribution in [1.82, 2.24) is 5.32 Å². The van der Waals surface area contributed by atoms with Gasteiger partial charge in [-0.3, -0.25) is 0 Å². The van der Waals surface area contributed by atoms with Crippen LogP contribution in [0.1, 0.15) is 39.5 Å². The second-order valence-corrected chi connectivity index (χ2v) is 5.34. The lowest BCUT2D eigenvalue weighted by Crippen LogP contribution is -2.54. The first-order valence-electron chi connectivity index (χ1n) is 5.80. The molecule has 0 atom stereocenters. The van der Waals surface area contributed by atoms with Crippen molar-refractivity contribution in [2.45, 2.75) is 45.1 Å². The van der Waals surface area contributed by atoms with E-state index in [1.165, 1.54) is 6.42 Å². The van der Waals surface area contributed by atoms with E-state index in [1.807, 2.05) is 13.8 Å². The fraction of sp³-hybridized carbons (Fsp3) is 0.909. The number of aliphatic hydroxyl groups is 1. The third-order valence-corrected chi connectivity index (χ3v) is 3.66. The van der Waals surface area contributed by atoms with Gasteiger partial charge < -0.3 is 21.4 Å². The van der Waals surface area contributed by atoms with E-state index in [1.54, 1.807) is 0 Å². The van der Waals surface area contributed by atoms with Crippen molar-refractivity contribution in [3.63, 3.8) is 0 Å². The van der Waals surface area contributed by atoms with Gasteiger partial charge in [0, 0.05) is 11.0 Å². The van der Waals surface area contributed by atoms with Crippen LogP contribution in [0.25, 0.3) is 0 Å². The number of hydrogen-bond donors (Lipinski definition) is 4. The summed E-state index contributed by atoms with van der Waals surface area (Å²) in [5.41, 5.74) is 5.22. The number of nitrogens with zero attached hydrogens (tertiary/aromatic N) is 1. The maximum atomic E-state index is 9.27. The zero-order valence-electron chi connectivity index (χ0n) is 10.2. The molecule has 1 aliphatic carbocycles. The quantitative estimate of drug-likeness (QED) is 0.233. The molecule has 0 unspecified atom stereocenters. The lowest BCUT2D eigenvalue weighted by molar-refractivity contribution is 0.0869. The molecule has 1 rings (SSSR count). The summed E-state index contributed by atoms with van der Waals surface area (Å²) >= 11 is 0. The predicted molar refractivity (Wildman–Crippen MR) is 63.5 cm³/mol. The highest BCUT2D eigenvalue weighted by molar-refractivity contribution is 5.85. The van der Waals surface area contributed by atoms with Gasteiger partial charge in [-0.25, -0.2) is 0 Å². The van der Waals surface area contributed by atoms with Crippen molar-refractivity contribution in [3.05, 3.63) is 0 Å². The van der Waals surface area contributed by atoms with Crippen LogP contribution >= 0.6 is 0 Å². The van der Waals surface area contributed by atoms with Crippen molar-refractivity contribution in [1.29, 1.82) is 0 Å². The fourth-order valence-electron chi connectivity index (χ4n) is 1.90. The standard InChI is InChI=1S/C11H23N3O2/c1-10(2,9(12)14-16)6-7-13-11(8-15)4-3-5-11/h13,15-16H,3-8H2,1-2H3,(H2,12,14). The van der Waals surface area contributed by atoms with Gasteiger partial charge in [0.05, 0.1) is 6.61 Å². The van der Waals surface area contributed by atoms with E-state index < -0.39 is 0 Å². The molecule has 0 bridgehead atoms. The number of nitrogens with two attached hydrogens (primary N) is 1. The second-order valence-electron chi connectivity index (χ2n) is 5.34. The van der Waals surface area contributed by atoms with Crippen molar-refractivity contribution in [2.24, 2.45) is 16.3 Å². The van der Waals surface area contributed by atoms with Crippen LogP contribution in [-0.4, -0.2) is 34.8 Å². The van der Waals surface area contributed by atoms with Crippen LogP contribution in [0.2, 0.25) is 0 Å². The predicted octanol–water partition coefficient (Wildman–Crippen LogP) is 0.654. The molecule has 0 saturated heterocycles. The Kier molecular flexibility index (Phi) is 4.15. The van der Waals surface area contributed by atoms with Gasteiger partial charge >= 0.3 is 0 Å². The molecule has 0 aromatic carbocycles. The van der Waals surface area contributed by atoms with Gasteiger partial charge in [-0.15, -0.1) is 0 Å². The van der Waals surface area contributed by atoms with Crippen molar-refractivity contribution >= 4 is 5.84 Å². The summed E-state index contributed by atoms with van der Waals surface area (Å²) in [5.74, 6) is 0.251. The second kappa shape index (κ2) is 5.01. The average molecular weight is 229 g/mol. The first kappa shape index (κ1) is 13.3. The highest BCUT2D eigenvalue weighted by Crippen LogP contribution is 2.31. The summed E-state index contributed by atoms with van der Waals surface area (Å²) in [4.78, 5) is 0. The SMILES string of the molecule is CC(C)(CCNC1(CO)CCC1)C(N)=NO. The van der Waals surface area contributed by atoms with E-state index in [2.05, 4.69) is 10.5 Å². The van der Waals surface area contributed by atoms with Crippen molar-refractivity contribution < 1.29 is 10.3 Å². The molecule has 0 aromatic heterocycles. The van der Waals surface area contributed by atoms with Crippen LogP contribution < -0.4 is 11.1 Å². The number of oxime groups is 1. The first-order chi connectivity index (χ1) is 7.46. The third-order valence-electron chi connectivity index (χ3n) is 3.66. The highest BCUT2D eigenvalue weighted by Gasteiger charge is 2.36. The van der Waals surface area contributed by atoms with Gasteiger partial charge in [-0.2, -0.15) is 0 Å². The Morgan fingerprint density at radius 1 is 1.50 bits per heavy atom. The average Bonchev–Trinajstić information content (AvgIpc) is 2.20. The zero-order valence-corrected chi connectivity index (χ0v) is 10.2. The minimum absolute atomic E-state index is 0.0683. The monoisotopic (exact) mass is 229 g/mol. The topological polar surface area (TPSA) is 90.9 Å². The van der Waals surface area contributed by atoms with Gasteiger partial charge in [-0.05, 0) is 32.2 Å². The number of nitrogens with one attached hydrogen (secondary N) is 1.